The topological polar surface area (TPSA) is 98.2 Å². The third kappa shape index (κ3) is 5.71. The van der Waals surface area contributed by atoms with E-state index >= 15 is 0 Å². The number of nitrogens with zero attached hydrogens (tertiary/aromatic N) is 4. The minimum absolute atomic E-state index is 0.122. The second kappa shape index (κ2) is 10.5. The summed E-state index contributed by atoms with van der Waals surface area (Å²) in [5.41, 5.74) is 0.798. The Bertz CT molecular complexity index is 640. The highest BCUT2D eigenvalue weighted by atomic mass is 16.5. The molecule has 2 saturated heterocycles. The molecule has 9 nitrogen and oxygen atoms in total. The van der Waals surface area contributed by atoms with Crippen molar-refractivity contribution in [1.82, 2.24) is 25.0 Å². The number of aliphatic hydroxyl groups excluding tert-OH is 1. The van der Waals surface area contributed by atoms with E-state index in [9.17, 15) is 9.59 Å². The van der Waals surface area contributed by atoms with E-state index in [1.807, 2.05) is 0 Å². The highest BCUT2D eigenvalue weighted by Crippen LogP contribution is 2.08. The van der Waals surface area contributed by atoms with Gasteiger partial charge in [0.15, 0.2) is 0 Å². The van der Waals surface area contributed by atoms with Crippen LogP contribution in [-0.2, 0) is 4.74 Å². The number of hydrogen-bond acceptors (Lipinski definition) is 7. The fourth-order valence-electron chi connectivity index (χ4n) is 3.39. The van der Waals surface area contributed by atoms with Gasteiger partial charge in [-0.05, 0) is 12.1 Å². The number of hydrogen-bond donors (Lipinski definition) is 2. The van der Waals surface area contributed by atoms with Gasteiger partial charge < -0.3 is 20.1 Å². The van der Waals surface area contributed by atoms with Gasteiger partial charge in [0.25, 0.3) is 11.8 Å². The maximum Gasteiger partial charge on any atom is 0.272 e. The van der Waals surface area contributed by atoms with Crippen molar-refractivity contribution >= 4 is 11.8 Å². The molecule has 0 aromatic carbocycles. The minimum atomic E-state index is -0.183. The first kappa shape index (κ1) is 20.7. The molecule has 2 aliphatic rings. The third-order valence-electron chi connectivity index (χ3n) is 5.14. The molecule has 28 heavy (non-hydrogen) atoms. The molecular formula is C19H29N5O4. The highest BCUT2D eigenvalue weighted by Gasteiger charge is 2.22. The molecule has 1 aromatic heterocycles. The number of aliphatic hydroxyl groups is 1. The number of nitrogens with one attached hydrogen (secondary N) is 1. The van der Waals surface area contributed by atoms with Gasteiger partial charge in [0.2, 0.25) is 0 Å². The molecule has 2 amide bonds. The molecule has 154 valence electrons. The predicted molar refractivity (Wildman–Crippen MR) is 103 cm³/mol. The molecule has 0 atom stereocenters. The van der Waals surface area contributed by atoms with Gasteiger partial charge in [0, 0.05) is 65.1 Å². The standard InChI is InChI=1S/C19H29N5O4/c25-12-9-23-5-7-24(8-6-23)19(27)17-2-1-16(15-21-17)18(26)20-3-4-22-10-13-28-14-11-22/h1-2,15,25H,3-14H2,(H,20,26). The molecule has 2 N–H and O–H groups in total. The molecule has 0 bridgehead atoms. The highest BCUT2D eigenvalue weighted by molar-refractivity contribution is 5.96. The Balaban J connectivity index is 1.44. The van der Waals surface area contributed by atoms with Crippen LogP contribution < -0.4 is 5.32 Å². The minimum Gasteiger partial charge on any atom is -0.395 e. The zero-order valence-corrected chi connectivity index (χ0v) is 16.2. The van der Waals surface area contributed by atoms with Crippen molar-refractivity contribution in [1.29, 1.82) is 0 Å². The lowest BCUT2D eigenvalue weighted by Gasteiger charge is -2.34. The number of β-amino-alcohol motifs (C(OH)–C–C–N with tert-alkyl or cyclic N) is 1. The molecule has 0 radical (unpaired) electrons. The van der Waals surface area contributed by atoms with Gasteiger partial charge in [-0.25, -0.2) is 0 Å². The number of amides is 2. The SMILES string of the molecule is O=C(NCCN1CCOCC1)c1ccc(C(=O)N2CCN(CCO)CC2)nc1. The monoisotopic (exact) mass is 391 g/mol. The van der Waals surface area contributed by atoms with Crippen molar-refractivity contribution in [3.05, 3.63) is 29.6 Å². The summed E-state index contributed by atoms with van der Waals surface area (Å²) in [6.07, 6.45) is 1.46. The summed E-state index contributed by atoms with van der Waals surface area (Å²) in [5, 5.41) is 11.9. The molecule has 0 saturated carbocycles. The Labute approximate surface area is 165 Å². The Kier molecular flexibility index (Phi) is 7.72. The van der Waals surface area contributed by atoms with Crippen LogP contribution in [-0.4, -0.2) is 115 Å². The van der Waals surface area contributed by atoms with Gasteiger partial charge in [0.05, 0.1) is 25.4 Å². The lowest BCUT2D eigenvalue weighted by Crippen LogP contribution is -2.49. The van der Waals surface area contributed by atoms with Gasteiger partial charge >= 0.3 is 0 Å². The van der Waals surface area contributed by atoms with Gasteiger partial charge in [0.1, 0.15) is 5.69 Å². The van der Waals surface area contributed by atoms with E-state index in [2.05, 4.69) is 20.1 Å². The molecule has 9 heteroatoms. The molecule has 3 rings (SSSR count). The number of ether oxygens (including phenoxy) is 1. The van der Waals surface area contributed by atoms with E-state index in [-0.39, 0.29) is 18.4 Å². The van der Waals surface area contributed by atoms with Crippen LogP contribution in [0.2, 0.25) is 0 Å². The fourth-order valence-corrected chi connectivity index (χ4v) is 3.39. The zero-order chi connectivity index (χ0) is 19.8. The van der Waals surface area contributed by atoms with Gasteiger partial charge in [-0.15, -0.1) is 0 Å². The van der Waals surface area contributed by atoms with E-state index in [1.54, 1.807) is 17.0 Å². The van der Waals surface area contributed by atoms with Crippen molar-refractivity contribution in [2.45, 2.75) is 0 Å². The van der Waals surface area contributed by atoms with E-state index in [0.717, 1.165) is 45.9 Å². The number of carbonyl (C=O) groups is 2. The van der Waals surface area contributed by atoms with Crippen molar-refractivity contribution < 1.29 is 19.4 Å². The number of rotatable bonds is 7. The van der Waals surface area contributed by atoms with Gasteiger partial charge in [-0.1, -0.05) is 0 Å². The quantitative estimate of drug-likeness (QED) is 0.608. The van der Waals surface area contributed by atoms with E-state index in [4.69, 9.17) is 9.84 Å². The third-order valence-corrected chi connectivity index (χ3v) is 5.14. The smallest absolute Gasteiger partial charge is 0.272 e. The molecule has 0 aliphatic carbocycles. The Morgan fingerprint density at radius 3 is 2.39 bits per heavy atom. The van der Waals surface area contributed by atoms with Crippen LogP contribution in [0, 0.1) is 0 Å². The maximum absolute atomic E-state index is 12.6. The summed E-state index contributed by atoms with van der Waals surface area (Å²) < 4.78 is 5.31. The van der Waals surface area contributed by atoms with Gasteiger partial charge in [-0.2, -0.15) is 0 Å². The van der Waals surface area contributed by atoms with Crippen molar-refractivity contribution in [3.63, 3.8) is 0 Å². The van der Waals surface area contributed by atoms with E-state index < -0.39 is 0 Å². The summed E-state index contributed by atoms with van der Waals surface area (Å²) in [6, 6.07) is 3.26. The molecule has 2 aliphatic heterocycles. The van der Waals surface area contributed by atoms with Crippen LogP contribution in [0.4, 0.5) is 0 Å². The van der Waals surface area contributed by atoms with Crippen LogP contribution in [0.25, 0.3) is 0 Å². The van der Waals surface area contributed by atoms with Crippen LogP contribution >= 0.6 is 0 Å². The largest absolute Gasteiger partial charge is 0.395 e. The summed E-state index contributed by atoms with van der Waals surface area (Å²) in [5.74, 6) is -0.305. The number of morpholine rings is 1. The summed E-state index contributed by atoms with van der Waals surface area (Å²) in [4.78, 5) is 35.2. The average Bonchev–Trinajstić information content (AvgIpc) is 2.75. The summed E-state index contributed by atoms with van der Waals surface area (Å²) in [7, 11) is 0. The van der Waals surface area contributed by atoms with Crippen molar-refractivity contribution in [3.8, 4) is 0 Å². The predicted octanol–water partition coefficient (Wildman–Crippen LogP) is -1.11. The lowest BCUT2D eigenvalue weighted by atomic mass is 10.2. The second-order valence-electron chi connectivity index (χ2n) is 7.00. The first-order valence-electron chi connectivity index (χ1n) is 9.84. The average molecular weight is 391 g/mol. The fraction of sp³-hybridized carbons (Fsp3) is 0.632. The first-order chi connectivity index (χ1) is 13.7. The second-order valence-corrected chi connectivity index (χ2v) is 7.00. The van der Waals surface area contributed by atoms with Crippen LogP contribution in [0.5, 0.6) is 0 Å². The van der Waals surface area contributed by atoms with Crippen molar-refractivity contribution in [2.75, 3.05) is 78.7 Å². The Morgan fingerprint density at radius 1 is 1.04 bits per heavy atom. The Hall–Kier alpha value is -2.07. The van der Waals surface area contributed by atoms with E-state index in [1.165, 1.54) is 6.20 Å². The number of carbonyl (C=O) groups excluding carboxylic acids is 2. The molecule has 0 spiro atoms. The molecule has 0 unspecified atom stereocenters. The number of piperazine rings is 1. The Morgan fingerprint density at radius 2 is 1.75 bits per heavy atom. The molecular weight excluding hydrogens is 362 g/mol. The number of aromatic nitrogens is 1. The summed E-state index contributed by atoms with van der Waals surface area (Å²) in [6.45, 7) is 8.11. The van der Waals surface area contributed by atoms with E-state index in [0.29, 0.717) is 37.4 Å². The zero-order valence-electron chi connectivity index (χ0n) is 16.2. The lowest BCUT2D eigenvalue weighted by molar-refractivity contribution is 0.0383. The number of pyridine rings is 1. The van der Waals surface area contributed by atoms with Crippen molar-refractivity contribution in [2.24, 2.45) is 0 Å². The first-order valence-corrected chi connectivity index (χ1v) is 9.84. The molecule has 2 fully saturated rings. The summed E-state index contributed by atoms with van der Waals surface area (Å²) >= 11 is 0. The molecule has 1 aromatic rings. The molecule has 3 heterocycles. The van der Waals surface area contributed by atoms with Crippen LogP contribution in [0.15, 0.2) is 18.3 Å². The van der Waals surface area contributed by atoms with Crippen LogP contribution in [0.1, 0.15) is 20.8 Å². The maximum atomic E-state index is 12.6. The van der Waals surface area contributed by atoms with Gasteiger partial charge in [-0.3, -0.25) is 24.4 Å². The van der Waals surface area contributed by atoms with Crippen LogP contribution in [0.3, 0.4) is 0 Å². The normalized spacial score (nSPS) is 18.8.